The molecule has 2 heterocycles. The average Bonchev–Trinajstić information content (AvgIpc) is 3.00. The van der Waals surface area contributed by atoms with Crippen molar-refractivity contribution in [2.45, 2.75) is 142 Å². The topological polar surface area (TPSA) is 167 Å². The number of rotatable bonds is 8. The monoisotopic (exact) mass is 653 g/mol. The number of carbonyl (C=O) groups is 4. The number of esters is 2. The number of cyclic esters (lactones) is 1. The maximum atomic E-state index is 14.0. The Bertz CT molecular complexity index is 1120. The van der Waals surface area contributed by atoms with Crippen LogP contribution >= 0.6 is 0 Å². The lowest BCUT2D eigenvalue weighted by Gasteiger charge is -2.47. The van der Waals surface area contributed by atoms with Gasteiger partial charge in [-0.05, 0) is 47.0 Å². The molecule has 46 heavy (non-hydrogen) atoms. The van der Waals surface area contributed by atoms with Crippen molar-refractivity contribution >= 4 is 23.5 Å². The molecule has 0 spiro atoms. The molecule has 0 aromatic heterocycles. The molecule has 2 aliphatic heterocycles. The SMILES string of the molecule is C#CCCN[C@H]1C[C@@H](C)O[C@@H](O[C@@H]2[C@@H](C)C(=O)[C@@H](C)C(=O)O[C@H](CC)[C@@](C)(O)[C@H](O)[C@@H](C)C(=O)[C@H](C)C[C@@]2(C)OC)[C@@H]1OC(C)=O. The van der Waals surface area contributed by atoms with Crippen LogP contribution in [0.5, 0.6) is 0 Å². The van der Waals surface area contributed by atoms with Crippen molar-refractivity contribution in [3.05, 3.63) is 0 Å². The highest BCUT2D eigenvalue weighted by Crippen LogP contribution is 2.38. The van der Waals surface area contributed by atoms with Gasteiger partial charge < -0.3 is 39.2 Å². The van der Waals surface area contributed by atoms with E-state index in [1.165, 1.54) is 34.8 Å². The molecule has 0 aromatic carbocycles. The minimum atomic E-state index is -1.97. The maximum absolute atomic E-state index is 14.0. The number of aliphatic hydroxyl groups is 2. The predicted octanol–water partition coefficient (Wildman–Crippen LogP) is 2.34. The second-order valence-corrected chi connectivity index (χ2v) is 13.4. The lowest BCUT2D eigenvalue weighted by molar-refractivity contribution is -0.293. The Morgan fingerprint density at radius 3 is 2.28 bits per heavy atom. The molecule has 0 amide bonds. The van der Waals surface area contributed by atoms with E-state index in [2.05, 4.69) is 11.2 Å². The molecule has 0 radical (unpaired) electrons. The third-order valence-electron chi connectivity index (χ3n) is 9.63. The summed E-state index contributed by atoms with van der Waals surface area (Å²) < 4.78 is 30.1. The molecule has 12 heteroatoms. The van der Waals surface area contributed by atoms with E-state index in [0.717, 1.165) is 0 Å². The van der Waals surface area contributed by atoms with Crippen molar-refractivity contribution in [1.29, 1.82) is 0 Å². The number of ketones is 2. The minimum Gasteiger partial charge on any atom is -0.459 e. The molecule has 2 aliphatic rings. The molecular formula is C34H55NO11. The van der Waals surface area contributed by atoms with Gasteiger partial charge in [0.05, 0.1) is 30.0 Å². The zero-order valence-corrected chi connectivity index (χ0v) is 29.0. The van der Waals surface area contributed by atoms with Crippen LogP contribution in [-0.4, -0.2) is 101 Å². The summed E-state index contributed by atoms with van der Waals surface area (Å²) in [6, 6.07) is -0.389. The molecule has 0 unspecified atom stereocenters. The van der Waals surface area contributed by atoms with Crippen molar-refractivity contribution in [1.82, 2.24) is 5.32 Å². The van der Waals surface area contributed by atoms with E-state index in [1.807, 2.05) is 6.92 Å². The highest BCUT2D eigenvalue weighted by atomic mass is 16.7. The number of nitrogens with one attached hydrogen (secondary N) is 1. The third-order valence-corrected chi connectivity index (χ3v) is 9.63. The van der Waals surface area contributed by atoms with Crippen molar-refractivity contribution in [2.24, 2.45) is 23.7 Å². The van der Waals surface area contributed by atoms with Gasteiger partial charge in [0.25, 0.3) is 0 Å². The van der Waals surface area contributed by atoms with E-state index < -0.39 is 83.3 Å². The van der Waals surface area contributed by atoms with Crippen LogP contribution in [0.2, 0.25) is 0 Å². The number of hydrogen-bond donors (Lipinski definition) is 3. The normalized spacial score (nSPS) is 41.6. The van der Waals surface area contributed by atoms with Crippen LogP contribution in [0.4, 0.5) is 0 Å². The molecule has 12 nitrogen and oxygen atoms in total. The maximum Gasteiger partial charge on any atom is 0.316 e. The Kier molecular flexibility index (Phi) is 14.4. The van der Waals surface area contributed by atoms with E-state index in [-0.39, 0.29) is 30.8 Å². The van der Waals surface area contributed by atoms with E-state index in [9.17, 15) is 29.4 Å². The van der Waals surface area contributed by atoms with Crippen molar-refractivity contribution in [3.8, 4) is 12.3 Å². The molecule has 2 fully saturated rings. The van der Waals surface area contributed by atoms with Crippen LogP contribution in [0.25, 0.3) is 0 Å². The molecule has 3 N–H and O–H groups in total. The van der Waals surface area contributed by atoms with Crippen LogP contribution in [-0.2, 0) is 42.9 Å². The highest BCUT2D eigenvalue weighted by molar-refractivity contribution is 6.00. The Labute approximate surface area is 273 Å². The van der Waals surface area contributed by atoms with Gasteiger partial charge in [-0.2, -0.15) is 0 Å². The molecule has 13 atom stereocenters. The fourth-order valence-corrected chi connectivity index (χ4v) is 6.79. The fourth-order valence-electron chi connectivity index (χ4n) is 6.79. The summed E-state index contributed by atoms with van der Waals surface area (Å²) in [6.45, 7) is 14.5. The van der Waals surface area contributed by atoms with Crippen molar-refractivity contribution in [3.63, 3.8) is 0 Å². The van der Waals surface area contributed by atoms with Gasteiger partial charge >= 0.3 is 11.9 Å². The van der Waals surface area contributed by atoms with E-state index in [1.54, 1.807) is 27.7 Å². The quantitative estimate of drug-likeness (QED) is 0.152. The zero-order valence-electron chi connectivity index (χ0n) is 29.0. The van der Waals surface area contributed by atoms with Crippen molar-refractivity contribution in [2.75, 3.05) is 13.7 Å². The third kappa shape index (κ3) is 9.14. The predicted molar refractivity (Wildman–Crippen MR) is 168 cm³/mol. The second-order valence-electron chi connectivity index (χ2n) is 13.4. The first-order chi connectivity index (χ1) is 21.4. The highest BCUT2D eigenvalue weighted by Gasteiger charge is 2.52. The van der Waals surface area contributed by atoms with Crippen molar-refractivity contribution < 1.29 is 53.1 Å². The lowest BCUT2D eigenvalue weighted by atomic mass is 9.74. The van der Waals surface area contributed by atoms with E-state index in [0.29, 0.717) is 19.4 Å². The molecule has 0 saturated carbocycles. The number of methoxy groups -OCH3 is 1. The lowest BCUT2D eigenvalue weighted by Crippen LogP contribution is -2.61. The Morgan fingerprint density at radius 1 is 1.11 bits per heavy atom. The van der Waals surface area contributed by atoms with Gasteiger partial charge in [-0.15, -0.1) is 12.3 Å². The molecule has 262 valence electrons. The molecule has 0 bridgehead atoms. The summed E-state index contributed by atoms with van der Waals surface area (Å²) in [5, 5.41) is 25.8. The Hall–Kier alpha value is -2.40. The Balaban J connectivity index is 2.65. The summed E-state index contributed by atoms with van der Waals surface area (Å²) >= 11 is 0. The van der Waals surface area contributed by atoms with Crippen LogP contribution < -0.4 is 5.32 Å². The number of terminal acetylenes is 1. The summed E-state index contributed by atoms with van der Waals surface area (Å²) in [6.07, 6.45) is 0.251. The second kappa shape index (κ2) is 16.6. The first kappa shape index (κ1) is 39.8. The molecule has 0 aliphatic carbocycles. The first-order valence-electron chi connectivity index (χ1n) is 16.2. The number of carbonyl (C=O) groups excluding carboxylic acids is 4. The Morgan fingerprint density at radius 2 is 1.74 bits per heavy atom. The molecule has 2 saturated heterocycles. The average molecular weight is 654 g/mol. The van der Waals surface area contributed by atoms with Gasteiger partial charge in [-0.1, -0.05) is 27.7 Å². The number of aliphatic hydroxyl groups excluding tert-OH is 1. The summed E-state index contributed by atoms with van der Waals surface area (Å²) in [7, 11) is 1.43. The summed E-state index contributed by atoms with van der Waals surface area (Å²) in [5.74, 6) is -3.83. The van der Waals surface area contributed by atoms with Gasteiger partial charge in [-0.3, -0.25) is 19.2 Å². The van der Waals surface area contributed by atoms with Gasteiger partial charge in [-0.25, -0.2) is 0 Å². The van der Waals surface area contributed by atoms with Gasteiger partial charge in [0, 0.05) is 44.8 Å². The van der Waals surface area contributed by atoms with Crippen LogP contribution in [0.15, 0.2) is 0 Å². The smallest absolute Gasteiger partial charge is 0.316 e. The van der Waals surface area contributed by atoms with Crippen LogP contribution in [0, 0.1) is 36.0 Å². The van der Waals surface area contributed by atoms with Crippen LogP contribution in [0.3, 0.4) is 0 Å². The number of ether oxygens (including phenoxy) is 5. The zero-order chi connectivity index (χ0) is 35.1. The number of Topliss-reactive ketones (excluding diaryl/α,β-unsaturated/α-hetero) is 2. The minimum absolute atomic E-state index is 0.0458. The van der Waals surface area contributed by atoms with E-state index in [4.69, 9.17) is 30.1 Å². The first-order valence-corrected chi connectivity index (χ1v) is 16.2. The fraction of sp³-hybridized carbons (Fsp3) is 0.824. The van der Waals surface area contributed by atoms with Crippen LogP contribution in [0.1, 0.15) is 88.0 Å². The summed E-state index contributed by atoms with van der Waals surface area (Å²) in [4.78, 5) is 53.3. The molecule has 0 aromatic rings. The van der Waals surface area contributed by atoms with Gasteiger partial charge in [0.1, 0.15) is 23.4 Å². The van der Waals surface area contributed by atoms with E-state index >= 15 is 0 Å². The summed E-state index contributed by atoms with van der Waals surface area (Å²) in [5.41, 5.74) is -3.30. The standard InChI is InChI=1S/C34H55NO11/c1-12-14-15-35-24-16-19(4)43-32(28(24)44-23(8)36)46-30-21(6)27(38)22(7)31(40)45-25(13-2)34(10,41)29(39)20(5)26(37)18(3)17-33(30,9)42-11/h1,18-22,24-25,28-30,32,35,39,41H,13-17H2,2-11H3/t18-,19-,20+,21+,22-,24+,25-,28-,29-,30-,32+,33-,34-/m1/s1. The number of hydrogen-bond acceptors (Lipinski definition) is 12. The molecule has 2 rings (SSSR count). The van der Waals surface area contributed by atoms with Gasteiger partial charge in [0.2, 0.25) is 0 Å². The van der Waals surface area contributed by atoms with Gasteiger partial charge in [0.15, 0.2) is 18.2 Å². The largest absolute Gasteiger partial charge is 0.459 e. The molecular weight excluding hydrogens is 598 g/mol.